The molecule has 0 bridgehead atoms. The molecule has 0 radical (unpaired) electrons. The maximum atomic E-state index is 12.2. The molecule has 2 heterocycles. The molecule has 0 saturated carbocycles. The van der Waals surface area contributed by atoms with Crippen molar-refractivity contribution in [2.24, 2.45) is 0 Å². The Morgan fingerprint density at radius 1 is 1.22 bits per heavy atom. The number of anilines is 1. The minimum Gasteiger partial charge on any atom is -0.445 e. The van der Waals surface area contributed by atoms with Gasteiger partial charge in [0.15, 0.2) is 0 Å². The molecule has 1 saturated heterocycles. The Morgan fingerprint density at radius 2 is 1.96 bits per heavy atom. The van der Waals surface area contributed by atoms with E-state index in [2.05, 4.69) is 15.7 Å². The maximum Gasteiger partial charge on any atom is 0.410 e. The molecule has 144 valence electrons. The molecule has 2 aromatic rings. The standard InChI is InChI=1S/C19H25N5O3/c1-20-18(25)13-24-12-17(11-21-24)22-16-7-9-23(10-8-16)19(26)27-14-15-5-3-2-4-6-15/h2-6,11-12,16,22H,7-10,13-14H2,1H3,(H,20,25). The van der Waals surface area contributed by atoms with Crippen LogP contribution in [-0.4, -0.2) is 52.9 Å². The van der Waals surface area contributed by atoms with Gasteiger partial charge in [-0.15, -0.1) is 0 Å². The molecule has 0 aliphatic carbocycles. The normalized spacial score (nSPS) is 14.6. The van der Waals surface area contributed by atoms with Gasteiger partial charge < -0.3 is 20.3 Å². The summed E-state index contributed by atoms with van der Waals surface area (Å²) in [6, 6.07) is 9.93. The van der Waals surface area contributed by atoms with Crippen LogP contribution in [0.2, 0.25) is 0 Å². The summed E-state index contributed by atoms with van der Waals surface area (Å²) in [4.78, 5) is 25.3. The number of rotatable bonds is 6. The maximum absolute atomic E-state index is 12.2. The fourth-order valence-corrected chi connectivity index (χ4v) is 3.00. The average molecular weight is 371 g/mol. The van der Waals surface area contributed by atoms with Crippen LogP contribution in [0.25, 0.3) is 0 Å². The van der Waals surface area contributed by atoms with E-state index in [0.717, 1.165) is 24.1 Å². The number of piperidine rings is 1. The number of aromatic nitrogens is 2. The Labute approximate surface area is 158 Å². The van der Waals surface area contributed by atoms with Crippen LogP contribution in [0.1, 0.15) is 18.4 Å². The first-order valence-corrected chi connectivity index (χ1v) is 9.09. The third-order valence-corrected chi connectivity index (χ3v) is 4.55. The van der Waals surface area contributed by atoms with Gasteiger partial charge in [-0.25, -0.2) is 4.79 Å². The van der Waals surface area contributed by atoms with Crippen molar-refractivity contribution < 1.29 is 14.3 Å². The molecule has 8 nitrogen and oxygen atoms in total. The topological polar surface area (TPSA) is 88.5 Å². The number of hydrogen-bond acceptors (Lipinski definition) is 5. The van der Waals surface area contributed by atoms with Crippen molar-refractivity contribution in [3.05, 3.63) is 48.3 Å². The van der Waals surface area contributed by atoms with E-state index in [1.54, 1.807) is 22.8 Å². The van der Waals surface area contributed by atoms with Crippen LogP contribution in [0.5, 0.6) is 0 Å². The van der Waals surface area contributed by atoms with Gasteiger partial charge in [-0.3, -0.25) is 9.48 Å². The number of likely N-dealkylation sites (tertiary alicyclic amines) is 1. The number of nitrogens with one attached hydrogen (secondary N) is 2. The smallest absolute Gasteiger partial charge is 0.410 e. The summed E-state index contributed by atoms with van der Waals surface area (Å²) < 4.78 is 6.98. The first kappa shape index (κ1) is 18.8. The Bertz CT molecular complexity index is 754. The van der Waals surface area contributed by atoms with Gasteiger partial charge in [0.1, 0.15) is 13.2 Å². The largest absolute Gasteiger partial charge is 0.445 e. The van der Waals surface area contributed by atoms with E-state index in [1.165, 1.54) is 0 Å². The fraction of sp³-hybridized carbons (Fsp3) is 0.421. The lowest BCUT2D eigenvalue weighted by atomic mass is 10.1. The van der Waals surface area contributed by atoms with Crippen LogP contribution < -0.4 is 10.6 Å². The molecule has 3 rings (SSSR count). The van der Waals surface area contributed by atoms with Crippen molar-refractivity contribution in [1.82, 2.24) is 20.0 Å². The molecule has 2 N–H and O–H groups in total. The summed E-state index contributed by atoms with van der Waals surface area (Å²) in [7, 11) is 1.60. The van der Waals surface area contributed by atoms with E-state index in [-0.39, 0.29) is 24.6 Å². The summed E-state index contributed by atoms with van der Waals surface area (Å²) in [5, 5.41) is 10.2. The lowest BCUT2D eigenvalue weighted by Gasteiger charge is -2.31. The van der Waals surface area contributed by atoms with Crippen LogP contribution in [0.15, 0.2) is 42.7 Å². The van der Waals surface area contributed by atoms with Crippen molar-refractivity contribution in [2.45, 2.75) is 32.0 Å². The lowest BCUT2D eigenvalue weighted by Crippen LogP contribution is -2.42. The summed E-state index contributed by atoms with van der Waals surface area (Å²) >= 11 is 0. The molecule has 2 amide bonds. The average Bonchev–Trinajstić information content (AvgIpc) is 3.14. The van der Waals surface area contributed by atoms with Gasteiger partial charge in [-0.05, 0) is 18.4 Å². The highest BCUT2D eigenvalue weighted by molar-refractivity contribution is 5.75. The summed E-state index contributed by atoms with van der Waals surface area (Å²) in [5.74, 6) is -0.0908. The van der Waals surface area contributed by atoms with Crippen LogP contribution in [0, 0.1) is 0 Å². The molecule has 27 heavy (non-hydrogen) atoms. The number of benzene rings is 1. The van der Waals surface area contributed by atoms with Crippen molar-refractivity contribution in [2.75, 3.05) is 25.5 Å². The third kappa shape index (κ3) is 5.47. The zero-order valence-electron chi connectivity index (χ0n) is 15.4. The van der Waals surface area contributed by atoms with E-state index in [1.807, 2.05) is 36.5 Å². The molecule has 1 aromatic carbocycles. The van der Waals surface area contributed by atoms with Gasteiger partial charge in [0.05, 0.1) is 11.9 Å². The quantitative estimate of drug-likeness (QED) is 0.809. The molecule has 1 aromatic heterocycles. The molecular formula is C19H25N5O3. The number of amides is 2. The zero-order valence-corrected chi connectivity index (χ0v) is 15.4. The van der Waals surface area contributed by atoms with Gasteiger partial charge in [-0.1, -0.05) is 30.3 Å². The molecule has 8 heteroatoms. The second-order valence-corrected chi connectivity index (χ2v) is 6.55. The second-order valence-electron chi connectivity index (χ2n) is 6.55. The molecule has 0 atom stereocenters. The second kappa shape index (κ2) is 9.07. The number of likely N-dealkylation sites (N-methyl/N-ethyl adjacent to an activating group) is 1. The third-order valence-electron chi connectivity index (χ3n) is 4.55. The molecule has 1 aliphatic rings. The molecule has 1 fully saturated rings. The molecule has 0 spiro atoms. The Kier molecular flexibility index (Phi) is 6.30. The number of carbonyl (C=O) groups excluding carboxylic acids is 2. The minimum absolute atomic E-state index is 0.0908. The molecular weight excluding hydrogens is 346 g/mol. The number of ether oxygens (including phenoxy) is 1. The first-order valence-electron chi connectivity index (χ1n) is 9.09. The Morgan fingerprint density at radius 3 is 2.67 bits per heavy atom. The first-order chi connectivity index (χ1) is 13.1. The highest BCUT2D eigenvalue weighted by Crippen LogP contribution is 2.17. The van der Waals surface area contributed by atoms with Crippen molar-refractivity contribution in [3.8, 4) is 0 Å². The number of nitrogens with zero attached hydrogens (tertiary/aromatic N) is 3. The summed E-state index contributed by atoms with van der Waals surface area (Å²) in [6.07, 6.45) is 4.93. The van der Waals surface area contributed by atoms with Crippen LogP contribution >= 0.6 is 0 Å². The predicted octanol–water partition coefficient (Wildman–Crippen LogP) is 1.84. The van der Waals surface area contributed by atoms with E-state index in [0.29, 0.717) is 19.7 Å². The highest BCUT2D eigenvalue weighted by atomic mass is 16.6. The van der Waals surface area contributed by atoms with Gasteiger partial charge in [0, 0.05) is 32.4 Å². The van der Waals surface area contributed by atoms with Gasteiger partial charge in [0.2, 0.25) is 5.91 Å². The van der Waals surface area contributed by atoms with Gasteiger partial charge >= 0.3 is 6.09 Å². The SMILES string of the molecule is CNC(=O)Cn1cc(NC2CCN(C(=O)OCc3ccccc3)CC2)cn1. The summed E-state index contributed by atoms with van der Waals surface area (Å²) in [6.45, 7) is 1.79. The highest BCUT2D eigenvalue weighted by Gasteiger charge is 2.24. The van der Waals surface area contributed by atoms with Crippen LogP contribution in [-0.2, 0) is 22.7 Å². The Balaban J connectivity index is 1.41. The summed E-state index contributed by atoms with van der Waals surface area (Å²) in [5.41, 5.74) is 1.86. The number of hydrogen-bond donors (Lipinski definition) is 2. The van der Waals surface area contributed by atoms with E-state index < -0.39 is 0 Å². The lowest BCUT2D eigenvalue weighted by molar-refractivity contribution is -0.121. The van der Waals surface area contributed by atoms with E-state index in [9.17, 15) is 9.59 Å². The van der Waals surface area contributed by atoms with Crippen molar-refractivity contribution in [3.63, 3.8) is 0 Å². The number of carbonyl (C=O) groups is 2. The Hall–Kier alpha value is -3.03. The van der Waals surface area contributed by atoms with Crippen molar-refractivity contribution in [1.29, 1.82) is 0 Å². The van der Waals surface area contributed by atoms with Crippen molar-refractivity contribution >= 4 is 17.7 Å². The molecule has 0 unspecified atom stereocenters. The predicted molar refractivity (Wildman–Crippen MR) is 101 cm³/mol. The van der Waals surface area contributed by atoms with Gasteiger partial charge in [0.25, 0.3) is 0 Å². The van der Waals surface area contributed by atoms with Crippen LogP contribution in [0.3, 0.4) is 0 Å². The fourth-order valence-electron chi connectivity index (χ4n) is 3.00. The minimum atomic E-state index is -0.268. The molecule has 1 aliphatic heterocycles. The zero-order chi connectivity index (χ0) is 19.1. The van der Waals surface area contributed by atoms with Crippen LogP contribution in [0.4, 0.5) is 10.5 Å². The monoisotopic (exact) mass is 371 g/mol. The van der Waals surface area contributed by atoms with E-state index in [4.69, 9.17) is 4.74 Å². The van der Waals surface area contributed by atoms with Gasteiger partial charge in [-0.2, -0.15) is 5.10 Å². The van der Waals surface area contributed by atoms with E-state index >= 15 is 0 Å².